The van der Waals surface area contributed by atoms with Gasteiger partial charge in [-0.05, 0) is 55.8 Å². The molecule has 19 heavy (non-hydrogen) atoms. The fourth-order valence-electron chi connectivity index (χ4n) is 4.77. The Kier molecular flexibility index (Phi) is 3.27. The quantitative estimate of drug-likeness (QED) is 0.817. The van der Waals surface area contributed by atoms with E-state index in [1.54, 1.807) is 6.92 Å². The molecule has 0 saturated heterocycles. The Bertz CT molecular complexity index is 365. The lowest BCUT2D eigenvalue weighted by Crippen LogP contribution is -2.56. The number of aliphatic carboxylic acids is 1. The van der Waals surface area contributed by atoms with Crippen molar-refractivity contribution in [2.24, 2.45) is 29.6 Å². The van der Waals surface area contributed by atoms with Gasteiger partial charge < -0.3 is 10.4 Å². The molecule has 0 spiro atoms. The molecule has 4 aliphatic rings. The summed E-state index contributed by atoms with van der Waals surface area (Å²) in [7, 11) is 0. The predicted molar refractivity (Wildman–Crippen MR) is 70.4 cm³/mol. The Morgan fingerprint density at radius 1 is 1.11 bits per heavy atom. The number of carboxylic acid groups (broad SMARTS) is 1. The maximum absolute atomic E-state index is 12.0. The van der Waals surface area contributed by atoms with E-state index in [-0.39, 0.29) is 12.3 Å². The third-order valence-corrected chi connectivity index (χ3v) is 5.47. The summed E-state index contributed by atoms with van der Waals surface area (Å²) < 4.78 is 0. The van der Waals surface area contributed by atoms with Crippen LogP contribution in [0.15, 0.2) is 0 Å². The summed E-state index contributed by atoms with van der Waals surface area (Å²) in [6.07, 6.45) is 6.60. The molecule has 1 amide bonds. The van der Waals surface area contributed by atoms with Crippen LogP contribution in [0.4, 0.5) is 0 Å². The Morgan fingerprint density at radius 2 is 1.63 bits per heavy atom. The molecule has 0 aromatic heterocycles. The van der Waals surface area contributed by atoms with Crippen molar-refractivity contribution < 1.29 is 14.7 Å². The fraction of sp³-hybridized carbons (Fsp3) is 0.867. The van der Waals surface area contributed by atoms with Crippen molar-refractivity contribution in [1.82, 2.24) is 5.32 Å². The topological polar surface area (TPSA) is 66.4 Å². The van der Waals surface area contributed by atoms with Crippen LogP contribution < -0.4 is 5.32 Å². The Balaban J connectivity index is 1.58. The van der Waals surface area contributed by atoms with Crippen LogP contribution in [0.3, 0.4) is 0 Å². The number of hydrogen-bond acceptors (Lipinski definition) is 2. The molecule has 0 aromatic carbocycles. The van der Waals surface area contributed by atoms with Crippen molar-refractivity contribution in [1.29, 1.82) is 0 Å². The highest BCUT2D eigenvalue weighted by Gasteiger charge is 2.48. The van der Waals surface area contributed by atoms with E-state index in [2.05, 4.69) is 5.32 Å². The zero-order chi connectivity index (χ0) is 13.6. The lowest BCUT2D eigenvalue weighted by molar-refractivity contribution is -0.143. The summed E-state index contributed by atoms with van der Waals surface area (Å²) in [6, 6.07) is 0.321. The minimum atomic E-state index is -0.889. The second kappa shape index (κ2) is 4.80. The third-order valence-electron chi connectivity index (χ3n) is 5.47. The van der Waals surface area contributed by atoms with Crippen LogP contribution >= 0.6 is 0 Å². The molecule has 4 aliphatic carbocycles. The van der Waals surface area contributed by atoms with Crippen LogP contribution in [-0.4, -0.2) is 23.0 Å². The van der Waals surface area contributed by atoms with E-state index in [0.717, 1.165) is 11.8 Å². The summed E-state index contributed by atoms with van der Waals surface area (Å²) in [5, 5.41) is 12.0. The van der Waals surface area contributed by atoms with Gasteiger partial charge in [0.05, 0.1) is 5.92 Å². The van der Waals surface area contributed by atoms with Crippen molar-refractivity contribution in [2.45, 2.75) is 51.5 Å². The molecule has 0 radical (unpaired) electrons. The minimum Gasteiger partial charge on any atom is -0.481 e. The second-order valence-electron chi connectivity index (χ2n) is 6.97. The van der Waals surface area contributed by atoms with Gasteiger partial charge in [-0.2, -0.15) is 0 Å². The zero-order valence-electron chi connectivity index (χ0n) is 11.5. The number of amides is 1. The predicted octanol–water partition coefficient (Wildman–Crippen LogP) is 2.04. The number of carboxylic acids is 1. The van der Waals surface area contributed by atoms with E-state index in [1.807, 2.05) is 0 Å². The number of nitrogens with one attached hydrogen (secondary N) is 1. The molecule has 0 aromatic rings. The smallest absolute Gasteiger partial charge is 0.306 e. The monoisotopic (exact) mass is 265 g/mol. The molecule has 4 rings (SSSR count). The van der Waals surface area contributed by atoms with Gasteiger partial charge in [0.1, 0.15) is 0 Å². The van der Waals surface area contributed by atoms with Gasteiger partial charge in [0.25, 0.3) is 0 Å². The van der Waals surface area contributed by atoms with E-state index in [0.29, 0.717) is 17.9 Å². The minimum absolute atomic E-state index is 0.0765. The van der Waals surface area contributed by atoms with Crippen LogP contribution in [0, 0.1) is 29.6 Å². The zero-order valence-corrected chi connectivity index (χ0v) is 11.5. The van der Waals surface area contributed by atoms with Crippen molar-refractivity contribution in [2.75, 3.05) is 0 Å². The van der Waals surface area contributed by atoms with Crippen LogP contribution in [0.2, 0.25) is 0 Å². The molecule has 1 unspecified atom stereocenters. The van der Waals surface area contributed by atoms with Crippen LogP contribution in [-0.2, 0) is 9.59 Å². The molecule has 106 valence electrons. The molecular weight excluding hydrogens is 242 g/mol. The molecule has 0 aliphatic heterocycles. The van der Waals surface area contributed by atoms with E-state index in [9.17, 15) is 9.59 Å². The molecule has 4 saturated carbocycles. The van der Waals surface area contributed by atoms with Gasteiger partial charge in [-0.3, -0.25) is 9.59 Å². The van der Waals surface area contributed by atoms with E-state index in [1.165, 1.54) is 32.1 Å². The summed E-state index contributed by atoms with van der Waals surface area (Å²) in [4.78, 5) is 22.8. The van der Waals surface area contributed by atoms with Crippen molar-refractivity contribution in [3.8, 4) is 0 Å². The first kappa shape index (κ1) is 12.9. The molecule has 0 heterocycles. The second-order valence-corrected chi connectivity index (χ2v) is 6.97. The summed E-state index contributed by atoms with van der Waals surface area (Å²) in [5.74, 6) is 1.55. The van der Waals surface area contributed by atoms with Crippen LogP contribution in [0.25, 0.3) is 0 Å². The fourth-order valence-corrected chi connectivity index (χ4v) is 4.77. The normalized spacial score (nSPS) is 41.0. The number of carbonyl (C=O) groups is 2. The SMILES string of the molecule is CC(CC(=O)NC1C2CC3CC(C2)CC1C3)C(=O)O. The first-order chi connectivity index (χ1) is 9.02. The highest BCUT2D eigenvalue weighted by Crippen LogP contribution is 2.53. The number of carbonyl (C=O) groups excluding carboxylic acids is 1. The maximum Gasteiger partial charge on any atom is 0.306 e. The van der Waals surface area contributed by atoms with E-state index >= 15 is 0 Å². The number of hydrogen-bond donors (Lipinski definition) is 2. The van der Waals surface area contributed by atoms with Crippen LogP contribution in [0.5, 0.6) is 0 Å². The van der Waals surface area contributed by atoms with Crippen LogP contribution in [0.1, 0.15) is 45.4 Å². The molecule has 4 nitrogen and oxygen atoms in total. The van der Waals surface area contributed by atoms with Gasteiger partial charge >= 0.3 is 5.97 Å². The first-order valence-electron chi connectivity index (χ1n) is 7.55. The van der Waals surface area contributed by atoms with Gasteiger partial charge in [0.15, 0.2) is 0 Å². The summed E-state index contributed by atoms with van der Waals surface area (Å²) in [5.41, 5.74) is 0. The van der Waals surface area contributed by atoms with Gasteiger partial charge in [-0.25, -0.2) is 0 Å². The van der Waals surface area contributed by atoms with Gasteiger partial charge in [0.2, 0.25) is 5.91 Å². The lowest BCUT2D eigenvalue weighted by Gasteiger charge is -2.54. The first-order valence-corrected chi connectivity index (χ1v) is 7.55. The van der Waals surface area contributed by atoms with Crippen molar-refractivity contribution in [3.05, 3.63) is 0 Å². The standard InChI is InChI=1S/C15H23NO3/c1-8(15(18)19)2-13(17)16-14-11-4-9-3-10(6-11)7-12(14)5-9/h8-12,14H,2-7H2,1H3,(H,16,17)(H,18,19). The highest BCUT2D eigenvalue weighted by molar-refractivity contribution is 5.82. The number of rotatable bonds is 4. The largest absolute Gasteiger partial charge is 0.481 e. The molecule has 4 bridgehead atoms. The van der Waals surface area contributed by atoms with Crippen molar-refractivity contribution >= 4 is 11.9 Å². The Labute approximate surface area is 113 Å². The average Bonchev–Trinajstić information content (AvgIpc) is 2.32. The molecular formula is C15H23NO3. The Hall–Kier alpha value is -1.06. The van der Waals surface area contributed by atoms with E-state index < -0.39 is 11.9 Å². The van der Waals surface area contributed by atoms with Crippen molar-refractivity contribution in [3.63, 3.8) is 0 Å². The van der Waals surface area contributed by atoms with Gasteiger partial charge in [0, 0.05) is 12.5 Å². The maximum atomic E-state index is 12.0. The third kappa shape index (κ3) is 2.49. The molecule has 1 atom stereocenters. The lowest BCUT2D eigenvalue weighted by atomic mass is 9.54. The Morgan fingerprint density at radius 3 is 2.11 bits per heavy atom. The summed E-state index contributed by atoms with van der Waals surface area (Å²) >= 11 is 0. The van der Waals surface area contributed by atoms with Gasteiger partial charge in [-0.15, -0.1) is 0 Å². The van der Waals surface area contributed by atoms with E-state index in [4.69, 9.17) is 5.11 Å². The molecule has 4 fully saturated rings. The molecule has 2 N–H and O–H groups in total. The molecule has 4 heteroatoms. The summed E-state index contributed by atoms with van der Waals surface area (Å²) in [6.45, 7) is 1.60. The van der Waals surface area contributed by atoms with Gasteiger partial charge in [-0.1, -0.05) is 6.92 Å². The highest BCUT2D eigenvalue weighted by atomic mass is 16.4. The average molecular weight is 265 g/mol.